The molecule has 0 aliphatic carbocycles. The van der Waals surface area contributed by atoms with Crippen LogP contribution in [0.25, 0.3) is 0 Å². The lowest BCUT2D eigenvalue weighted by molar-refractivity contribution is -0.137. The molecule has 0 bridgehead atoms. The Morgan fingerprint density at radius 1 is 1.32 bits per heavy atom. The minimum Gasteiger partial charge on any atom is -0.480 e. The number of anilines is 1. The Morgan fingerprint density at radius 3 is 2.37 bits per heavy atom. The van der Waals surface area contributed by atoms with Gasteiger partial charge in [0.25, 0.3) is 0 Å². The van der Waals surface area contributed by atoms with Crippen molar-refractivity contribution in [2.24, 2.45) is 0 Å². The van der Waals surface area contributed by atoms with Crippen molar-refractivity contribution < 1.29 is 35.9 Å². The first-order chi connectivity index (χ1) is 8.51. The molecule has 0 unspecified atom stereocenters. The average Bonchev–Trinajstić information content (AvgIpc) is 2.16. The van der Waals surface area contributed by atoms with Crippen molar-refractivity contribution in [2.75, 3.05) is 10.5 Å². The van der Waals surface area contributed by atoms with Crippen molar-refractivity contribution in [3.63, 3.8) is 0 Å². The van der Waals surface area contributed by atoms with Crippen LogP contribution in [0.2, 0.25) is 0 Å². The highest BCUT2D eigenvalue weighted by Crippen LogP contribution is 2.35. The van der Waals surface area contributed by atoms with E-state index in [1.54, 1.807) is 0 Å². The molecule has 0 saturated carbocycles. The highest BCUT2D eigenvalue weighted by Gasteiger charge is 2.35. The van der Waals surface area contributed by atoms with Crippen LogP contribution in [-0.4, -0.2) is 25.2 Å². The summed E-state index contributed by atoms with van der Waals surface area (Å²) in [5, 5.41) is 8.30. The molecule has 2 N–H and O–H groups in total. The van der Waals surface area contributed by atoms with Gasteiger partial charge in [0.05, 0.1) is 11.3 Å². The minimum atomic E-state index is -4.98. The van der Waals surface area contributed by atoms with Crippen molar-refractivity contribution in [1.29, 1.82) is 0 Å². The maximum atomic E-state index is 12.7. The molecule has 1 aromatic carbocycles. The van der Waals surface area contributed by atoms with Crippen molar-refractivity contribution in [2.45, 2.75) is 6.18 Å². The topological polar surface area (TPSA) is 83.5 Å². The molecule has 0 atom stereocenters. The van der Waals surface area contributed by atoms with Gasteiger partial charge in [-0.15, -0.1) is 0 Å². The Morgan fingerprint density at radius 2 is 1.89 bits per heavy atom. The summed E-state index contributed by atoms with van der Waals surface area (Å²) in [4.78, 5) is 10.2. The molecule has 1 aromatic rings. The molecule has 0 saturated heterocycles. The second-order valence-corrected chi connectivity index (χ2v) is 5.16. The molecule has 0 aliphatic heterocycles. The fourth-order valence-electron chi connectivity index (χ4n) is 1.21. The van der Waals surface area contributed by atoms with E-state index in [1.807, 2.05) is 0 Å². The van der Waals surface area contributed by atoms with E-state index in [4.69, 9.17) is 5.11 Å². The van der Waals surface area contributed by atoms with Crippen LogP contribution in [0.1, 0.15) is 5.56 Å². The van der Waals surface area contributed by atoms with Crippen LogP contribution in [-0.2, 0) is 21.0 Å². The maximum Gasteiger partial charge on any atom is 0.418 e. The molecule has 0 amide bonds. The van der Waals surface area contributed by atoms with Crippen LogP contribution in [0, 0.1) is 5.82 Å². The number of hydrogen-bond acceptors (Lipinski definition) is 3. The maximum absolute atomic E-state index is 12.7. The van der Waals surface area contributed by atoms with E-state index in [2.05, 4.69) is 0 Å². The van der Waals surface area contributed by atoms with Crippen molar-refractivity contribution >= 4 is 21.7 Å². The SMILES string of the molecule is O=C(O)CS(=O)(=O)Nc1ccc(F)cc1C(F)(F)F. The molecule has 106 valence electrons. The fraction of sp³-hybridized carbons (Fsp3) is 0.222. The summed E-state index contributed by atoms with van der Waals surface area (Å²) in [6, 6.07) is 1.30. The number of alkyl halides is 3. The summed E-state index contributed by atoms with van der Waals surface area (Å²) >= 11 is 0. The third-order valence-corrected chi connectivity index (χ3v) is 3.02. The smallest absolute Gasteiger partial charge is 0.418 e. The molecular weight excluding hydrogens is 294 g/mol. The third kappa shape index (κ3) is 4.39. The predicted molar refractivity (Wildman–Crippen MR) is 56.4 cm³/mol. The number of carboxylic acids is 1. The molecule has 1 rings (SSSR count). The number of carbonyl (C=O) groups is 1. The van der Waals surface area contributed by atoms with Crippen LogP contribution in [0.5, 0.6) is 0 Å². The van der Waals surface area contributed by atoms with Gasteiger partial charge in [0.2, 0.25) is 10.0 Å². The number of hydrogen-bond donors (Lipinski definition) is 2. The van der Waals surface area contributed by atoms with Gasteiger partial charge in [-0.2, -0.15) is 13.2 Å². The monoisotopic (exact) mass is 301 g/mol. The van der Waals surface area contributed by atoms with Gasteiger partial charge in [-0.3, -0.25) is 9.52 Å². The average molecular weight is 301 g/mol. The summed E-state index contributed by atoms with van der Waals surface area (Å²) in [5.74, 6) is -4.33. The van der Waals surface area contributed by atoms with E-state index < -0.39 is 45.0 Å². The minimum absolute atomic E-state index is 0.110. The van der Waals surface area contributed by atoms with E-state index >= 15 is 0 Å². The first-order valence-electron chi connectivity index (χ1n) is 4.60. The van der Waals surface area contributed by atoms with E-state index in [1.165, 1.54) is 4.72 Å². The number of nitrogens with one attached hydrogen (secondary N) is 1. The van der Waals surface area contributed by atoms with Gasteiger partial charge in [-0.1, -0.05) is 0 Å². The van der Waals surface area contributed by atoms with E-state index in [0.717, 1.165) is 0 Å². The molecule has 0 fully saturated rings. The second kappa shape index (κ2) is 5.03. The normalized spacial score (nSPS) is 12.2. The Kier molecular flexibility index (Phi) is 4.03. The highest BCUT2D eigenvalue weighted by molar-refractivity contribution is 7.93. The zero-order chi connectivity index (χ0) is 14.8. The number of benzene rings is 1. The van der Waals surface area contributed by atoms with Gasteiger partial charge >= 0.3 is 12.1 Å². The van der Waals surface area contributed by atoms with Gasteiger partial charge in [0.15, 0.2) is 5.75 Å². The second-order valence-electron chi connectivity index (χ2n) is 3.44. The van der Waals surface area contributed by atoms with Crippen LogP contribution in [0.4, 0.5) is 23.2 Å². The van der Waals surface area contributed by atoms with E-state index in [-0.39, 0.29) is 6.07 Å². The summed E-state index contributed by atoms with van der Waals surface area (Å²) in [5.41, 5.74) is -2.48. The number of rotatable bonds is 4. The van der Waals surface area contributed by atoms with Gasteiger partial charge in [0, 0.05) is 0 Å². The van der Waals surface area contributed by atoms with Gasteiger partial charge < -0.3 is 5.11 Å². The highest BCUT2D eigenvalue weighted by atomic mass is 32.2. The largest absolute Gasteiger partial charge is 0.480 e. The molecule has 0 aliphatic rings. The fourth-order valence-corrected chi connectivity index (χ4v) is 2.12. The molecule has 0 aromatic heterocycles. The van der Waals surface area contributed by atoms with Crippen LogP contribution < -0.4 is 4.72 Å². The molecule has 0 spiro atoms. The lowest BCUT2D eigenvalue weighted by Crippen LogP contribution is -2.24. The number of carboxylic acid groups (broad SMARTS) is 1. The molecule has 0 radical (unpaired) electrons. The van der Waals surface area contributed by atoms with Crippen molar-refractivity contribution in [1.82, 2.24) is 0 Å². The van der Waals surface area contributed by atoms with Gasteiger partial charge in [-0.25, -0.2) is 12.8 Å². The Hall–Kier alpha value is -1.84. The summed E-state index contributed by atoms with van der Waals surface area (Å²) in [6.07, 6.45) is -4.98. The van der Waals surface area contributed by atoms with Gasteiger partial charge in [0.1, 0.15) is 5.82 Å². The number of halogens is 4. The Labute approximate surface area is 104 Å². The Bertz CT molecular complexity index is 597. The molecule has 10 heteroatoms. The van der Waals surface area contributed by atoms with Crippen LogP contribution in [0.3, 0.4) is 0 Å². The van der Waals surface area contributed by atoms with E-state index in [9.17, 15) is 30.8 Å². The Balaban J connectivity index is 3.19. The third-order valence-electron chi connectivity index (χ3n) is 1.87. The summed E-state index contributed by atoms with van der Waals surface area (Å²) < 4.78 is 74.3. The molecule has 0 heterocycles. The van der Waals surface area contributed by atoms with E-state index in [0.29, 0.717) is 12.1 Å². The van der Waals surface area contributed by atoms with Crippen LogP contribution >= 0.6 is 0 Å². The lowest BCUT2D eigenvalue weighted by Gasteiger charge is -2.14. The zero-order valence-corrected chi connectivity index (χ0v) is 9.85. The first kappa shape index (κ1) is 15.2. The van der Waals surface area contributed by atoms with Crippen molar-refractivity contribution in [3.8, 4) is 0 Å². The van der Waals surface area contributed by atoms with Crippen molar-refractivity contribution in [3.05, 3.63) is 29.6 Å². The predicted octanol–water partition coefficient (Wildman–Crippen LogP) is 1.67. The molecular formula is C9H7F4NO4S. The molecule has 5 nitrogen and oxygen atoms in total. The van der Waals surface area contributed by atoms with Gasteiger partial charge in [-0.05, 0) is 18.2 Å². The molecule has 19 heavy (non-hydrogen) atoms. The summed E-state index contributed by atoms with van der Waals surface area (Å²) in [7, 11) is -4.50. The zero-order valence-electron chi connectivity index (χ0n) is 9.03. The first-order valence-corrected chi connectivity index (χ1v) is 6.25. The quantitative estimate of drug-likeness (QED) is 0.829. The summed E-state index contributed by atoms with van der Waals surface area (Å²) in [6.45, 7) is 0. The standard InChI is InChI=1S/C9H7F4NO4S/c10-5-1-2-7(6(3-5)9(11,12)13)14-19(17,18)4-8(15)16/h1-3,14H,4H2,(H,15,16). The number of sulfonamides is 1. The van der Waals surface area contributed by atoms with Crippen LogP contribution in [0.15, 0.2) is 18.2 Å². The lowest BCUT2D eigenvalue weighted by atomic mass is 10.2. The number of aliphatic carboxylic acids is 1.